The molecule has 2 heterocycles. The van der Waals surface area contributed by atoms with E-state index in [9.17, 15) is 4.79 Å². The average Bonchev–Trinajstić information content (AvgIpc) is 2.73. The number of benzene rings is 1. The Morgan fingerprint density at radius 3 is 2.17 bits per heavy atom. The molecule has 162 valence electrons. The first-order valence-electron chi connectivity index (χ1n) is 10.7. The van der Waals surface area contributed by atoms with Gasteiger partial charge in [0.05, 0.1) is 7.11 Å². The molecule has 3 rings (SSSR count). The van der Waals surface area contributed by atoms with Crippen molar-refractivity contribution in [1.82, 2.24) is 9.88 Å². The number of carbonyl (C=O) groups is 1. The third-order valence-electron chi connectivity index (χ3n) is 6.31. The lowest BCUT2D eigenvalue weighted by molar-refractivity contribution is 0.208. The van der Waals surface area contributed by atoms with Crippen molar-refractivity contribution in [2.24, 2.45) is 0 Å². The second-order valence-electron chi connectivity index (χ2n) is 8.16. The largest absolute Gasteiger partial charge is 0.480 e. The van der Waals surface area contributed by atoms with Gasteiger partial charge in [-0.05, 0) is 74.9 Å². The summed E-state index contributed by atoms with van der Waals surface area (Å²) in [6.07, 6.45) is 0.860. The van der Waals surface area contributed by atoms with E-state index in [4.69, 9.17) is 4.74 Å². The van der Waals surface area contributed by atoms with E-state index in [2.05, 4.69) is 55.9 Å². The van der Waals surface area contributed by atoms with Crippen LogP contribution in [0.4, 0.5) is 16.2 Å². The second-order valence-corrected chi connectivity index (χ2v) is 8.16. The molecular weight excluding hydrogens is 376 g/mol. The van der Waals surface area contributed by atoms with E-state index < -0.39 is 0 Å². The van der Waals surface area contributed by atoms with Crippen molar-refractivity contribution < 1.29 is 9.53 Å². The first kappa shape index (κ1) is 21.9. The molecule has 1 fully saturated rings. The van der Waals surface area contributed by atoms with Gasteiger partial charge in [0.15, 0.2) is 0 Å². The van der Waals surface area contributed by atoms with Crippen LogP contribution in [-0.2, 0) is 6.42 Å². The zero-order chi connectivity index (χ0) is 22.0. The van der Waals surface area contributed by atoms with E-state index in [1.54, 1.807) is 7.11 Å². The number of nitrogens with one attached hydrogen (secondary N) is 1. The molecule has 0 atom stereocenters. The normalized spacial score (nSPS) is 14.1. The fourth-order valence-electron chi connectivity index (χ4n) is 4.23. The van der Waals surface area contributed by atoms with E-state index in [0.717, 1.165) is 30.8 Å². The summed E-state index contributed by atoms with van der Waals surface area (Å²) in [6, 6.07) is 4.12. The summed E-state index contributed by atoms with van der Waals surface area (Å²) < 4.78 is 5.38. The topological polar surface area (TPSA) is 57.7 Å². The molecule has 1 aromatic heterocycles. The molecule has 30 heavy (non-hydrogen) atoms. The van der Waals surface area contributed by atoms with E-state index in [-0.39, 0.29) is 6.03 Å². The molecule has 1 aromatic carbocycles. The monoisotopic (exact) mass is 410 g/mol. The first-order valence-corrected chi connectivity index (χ1v) is 10.7. The van der Waals surface area contributed by atoms with E-state index >= 15 is 0 Å². The Hall–Kier alpha value is -2.76. The third-order valence-corrected chi connectivity index (χ3v) is 6.31. The molecule has 0 radical (unpaired) electrons. The number of anilines is 2. The van der Waals surface area contributed by atoms with Crippen molar-refractivity contribution in [2.75, 3.05) is 43.5 Å². The molecule has 0 unspecified atom stereocenters. The predicted molar refractivity (Wildman–Crippen MR) is 123 cm³/mol. The molecule has 1 saturated heterocycles. The fraction of sp³-hybridized carbons (Fsp3) is 0.500. The zero-order valence-corrected chi connectivity index (χ0v) is 19.3. The minimum atomic E-state index is -0.102. The minimum absolute atomic E-state index is 0.102. The molecule has 0 spiro atoms. The highest BCUT2D eigenvalue weighted by Crippen LogP contribution is 2.31. The molecule has 6 heteroatoms. The number of piperazine rings is 1. The van der Waals surface area contributed by atoms with Crippen molar-refractivity contribution in [2.45, 2.75) is 48.0 Å². The summed E-state index contributed by atoms with van der Waals surface area (Å²) in [5.41, 5.74) is 9.30. The predicted octanol–water partition coefficient (Wildman–Crippen LogP) is 4.55. The maximum Gasteiger partial charge on any atom is 0.322 e. The van der Waals surface area contributed by atoms with Crippen LogP contribution >= 0.6 is 0 Å². The lowest BCUT2D eigenvalue weighted by Crippen LogP contribution is -2.50. The molecule has 6 nitrogen and oxygen atoms in total. The molecular formula is C24H34N4O2. The number of hydrogen-bond acceptors (Lipinski definition) is 4. The minimum Gasteiger partial charge on any atom is -0.480 e. The quantitative estimate of drug-likeness (QED) is 0.803. The van der Waals surface area contributed by atoms with Gasteiger partial charge in [0.25, 0.3) is 0 Å². The Balaban J connectivity index is 1.71. The summed E-state index contributed by atoms with van der Waals surface area (Å²) in [5.74, 6) is 0.457. The summed E-state index contributed by atoms with van der Waals surface area (Å²) >= 11 is 0. The Morgan fingerprint density at radius 1 is 1.03 bits per heavy atom. The van der Waals surface area contributed by atoms with Crippen LogP contribution in [0.3, 0.4) is 0 Å². The number of urea groups is 1. The Kier molecular flexibility index (Phi) is 6.54. The number of ether oxygens (including phenoxy) is 1. The van der Waals surface area contributed by atoms with Gasteiger partial charge in [-0.15, -0.1) is 0 Å². The van der Waals surface area contributed by atoms with Gasteiger partial charge in [0.1, 0.15) is 5.69 Å². The SMILES string of the molecule is CCc1cc(NC(=O)N2CCN(c3c(C)c(C)cc(C)c3C)CC2)c(OC)nc1C. The van der Waals surface area contributed by atoms with Gasteiger partial charge in [-0.1, -0.05) is 13.0 Å². The summed E-state index contributed by atoms with van der Waals surface area (Å²) in [5, 5.41) is 3.01. The third kappa shape index (κ3) is 4.23. The number of hydrogen-bond donors (Lipinski definition) is 1. The number of aryl methyl sites for hydroxylation is 4. The van der Waals surface area contributed by atoms with Crippen molar-refractivity contribution in [3.05, 3.63) is 45.6 Å². The van der Waals surface area contributed by atoms with Crippen LogP contribution in [-0.4, -0.2) is 49.2 Å². The highest BCUT2D eigenvalue weighted by Gasteiger charge is 2.25. The van der Waals surface area contributed by atoms with Gasteiger partial charge < -0.3 is 19.9 Å². The maximum atomic E-state index is 12.9. The standard InChI is InChI=1S/C24H34N4O2/c1-8-20-14-21(23(30-7)25-19(20)6)26-24(29)28-11-9-27(10-12-28)22-17(4)15(2)13-16(3)18(22)5/h13-14H,8-12H2,1-7H3,(H,26,29). The van der Waals surface area contributed by atoms with Gasteiger partial charge in [-0.3, -0.25) is 0 Å². The van der Waals surface area contributed by atoms with Gasteiger partial charge >= 0.3 is 6.03 Å². The molecule has 2 aromatic rings. The summed E-state index contributed by atoms with van der Waals surface area (Å²) in [7, 11) is 1.58. The number of rotatable bonds is 4. The van der Waals surface area contributed by atoms with Crippen LogP contribution < -0.4 is 15.0 Å². The maximum absolute atomic E-state index is 12.9. The molecule has 0 saturated carbocycles. The smallest absolute Gasteiger partial charge is 0.322 e. The lowest BCUT2D eigenvalue weighted by Gasteiger charge is -2.38. The van der Waals surface area contributed by atoms with Gasteiger partial charge in [-0.2, -0.15) is 0 Å². The molecule has 2 amide bonds. The van der Waals surface area contributed by atoms with Crippen LogP contribution in [0.1, 0.15) is 40.4 Å². The number of methoxy groups -OCH3 is 1. The number of carbonyl (C=O) groups excluding carboxylic acids is 1. The number of pyridine rings is 1. The van der Waals surface area contributed by atoms with Crippen LogP contribution in [0.25, 0.3) is 0 Å². The second kappa shape index (κ2) is 8.94. The number of amides is 2. The molecule has 0 aliphatic carbocycles. The summed E-state index contributed by atoms with van der Waals surface area (Å²) in [4.78, 5) is 21.7. The number of aromatic nitrogens is 1. The van der Waals surface area contributed by atoms with Crippen LogP contribution in [0.5, 0.6) is 5.88 Å². The van der Waals surface area contributed by atoms with Crippen LogP contribution in [0.15, 0.2) is 12.1 Å². The molecule has 1 N–H and O–H groups in total. The van der Waals surface area contributed by atoms with Gasteiger partial charge in [0, 0.05) is 37.6 Å². The Morgan fingerprint density at radius 2 is 1.63 bits per heavy atom. The summed E-state index contributed by atoms with van der Waals surface area (Å²) in [6.45, 7) is 15.8. The highest BCUT2D eigenvalue weighted by atomic mass is 16.5. The van der Waals surface area contributed by atoms with Crippen molar-refractivity contribution in [3.8, 4) is 5.88 Å². The van der Waals surface area contributed by atoms with E-state index in [1.165, 1.54) is 27.9 Å². The van der Waals surface area contributed by atoms with Crippen LogP contribution in [0, 0.1) is 34.6 Å². The molecule has 1 aliphatic rings. The first-order chi connectivity index (χ1) is 14.3. The zero-order valence-electron chi connectivity index (χ0n) is 19.3. The lowest BCUT2D eigenvalue weighted by atomic mass is 9.97. The number of nitrogens with zero attached hydrogens (tertiary/aromatic N) is 3. The average molecular weight is 411 g/mol. The van der Waals surface area contributed by atoms with Gasteiger partial charge in [0.2, 0.25) is 5.88 Å². The van der Waals surface area contributed by atoms with E-state index in [0.29, 0.717) is 24.7 Å². The Labute approximate surface area is 180 Å². The van der Waals surface area contributed by atoms with Crippen molar-refractivity contribution >= 4 is 17.4 Å². The van der Waals surface area contributed by atoms with Gasteiger partial charge in [-0.25, -0.2) is 9.78 Å². The molecule has 1 aliphatic heterocycles. The Bertz CT molecular complexity index is 921. The highest BCUT2D eigenvalue weighted by molar-refractivity contribution is 5.91. The fourth-order valence-corrected chi connectivity index (χ4v) is 4.23. The molecule has 0 bridgehead atoms. The van der Waals surface area contributed by atoms with E-state index in [1.807, 2.05) is 17.9 Å². The van der Waals surface area contributed by atoms with Crippen molar-refractivity contribution in [1.29, 1.82) is 0 Å². The van der Waals surface area contributed by atoms with Crippen molar-refractivity contribution in [3.63, 3.8) is 0 Å². The van der Waals surface area contributed by atoms with Crippen LogP contribution in [0.2, 0.25) is 0 Å².